The van der Waals surface area contributed by atoms with Gasteiger partial charge in [0.25, 0.3) is 0 Å². The lowest BCUT2D eigenvalue weighted by atomic mass is 9.91. The summed E-state index contributed by atoms with van der Waals surface area (Å²) in [6, 6.07) is 0. The van der Waals surface area contributed by atoms with Crippen molar-refractivity contribution in [2.24, 2.45) is 11.3 Å². The van der Waals surface area contributed by atoms with Crippen LogP contribution in [-0.2, 0) is 23.9 Å². The number of carbonyl (C=O) groups is 3. The predicted molar refractivity (Wildman–Crippen MR) is 95.4 cm³/mol. The number of hydrogen-bond donors (Lipinski definition) is 2. The molecule has 146 valence electrons. The van der Waals surface area contributed by atoms with Crippen LogP contribution in [-0.4, -0.2) is 58.9 Å². The molecule has 0 aliphatic carbocycles. The lowest BCUT2D eigenvalue weighted by molar-refractivity contribution is -0.159. The van der Waals surface area contributed by atoms with Gasteiger partial charge in [-0.2, -0.15) is 11.8 Å². The molecule has 0 saturated carbocycles. The van der Waals surface area contributed by atoms with Gasteiger partial charge < -0.3 is 19.7 Å². The molecule has 0 aliphatic heterocycles. The fourth-order valence-corrected chi connectivity index (χ4v) is 2.48. The van der Waals surface area contributed by atoms with Gasteiger partial charge in [-0.1, -0.05) is 13.8 Å². The minimum atomic E-state index is -1.05. The summed E-state index contributed by atoms with van der Waals surface area (Å²) in [7, 11) is 0. The number of aliphatic carboxylic acids is 1. The summed E-state index contributed by atoms with van der Waals surface area (Å²) in [6.45, 7) is 6.60. The molecule has 0 saturated heterocycles. The monoisotopic (exact) mass is 378 g/mol. The van der Waals surface area contributed by atoms with Crippen molar-refractivity contribution in [2.75, 3.05) is 24.7 Å². The lowest BCUT2D eigenvalue weighted by Crippen LogP contribution is -2.31. The smallest absolute Gasteiger partial charge is 0.311 e. The number of aliphatic hydroxyl groups is 1. The average Bonchev–Trinajstić information content (AvgIpc) is 2.56. The number of ether oxygens (including phenoxy) is 2. The molecule has 25 heavy (non-hydrogen) atoms. The molecule has 0 aromatic rings. The molecule has 2 unspecified atom stereocenters. The Hall–Kier alpha value is -1.28. The SMILES string of the molecule is CCC(C)(C)C(=O)OCC(O)COC(=O)CCCSCC(C)C(=O)O. The van der Waals surface area contributed by atoms with Crippen molar-refractivity contribution >= 4 is 29.7 Å². The van der Waals surface area contributed by atoms with E-state index in [1.165, 1.54) is 11.8 Å². The zero-order valence-corrected chi connectivity index (χ0v) is 16.3. The summed E-state index contributed by atoms with van der Waals surface area (Å²) in [5.41, 5.74) is -0.605. The summed E-state index contributed by atoms with van der Waals surface area (Å²) >= 11 is 1.48. The molecule has 7 nitrogen and oxygen atoms in total. The predicted octanol–water partition coefficient (Wildman–Crippen LogP) is 2.10. The molecule has 0 aliphatic rings. The third-order valence-electron chi connectivity index (χ3n) is 3.74. The Kier molecular flexibility index (Phi) is 11.5. The van der Waals surface area contributed by atoms with Crippen LogP contribution in [0, 0.1) is 11.3 Å². The van der Waals surface area contributed by atoms with Gasteiger partial charge in [-0.15, -0.1) is 0 Å². The quantitative estimate of drug-likeness (QED) is 0.370. The molecular weight excluding hydrogens is 348 g/mol. The first kappa shape index (κ1) is 23.7. The molecule has 0 spiro atoms. The van der Waals surface area contributed by atoms with Gasteiger partial charge in [-0.05, 0) is 32.4 Å². The lowest BCUT2D eigenvalue weighted by Gasteiger charge is -2.21. The number of hydrogen-bond acceptors (Lipinski definition) is 7. The molecule has 0 bridgehead atoms. The van der Waals surface area contributed by atoms with E-state index in [4.69, 9.17) is 14.6 Å². The van der Waals surface area contributed by atoms with Gasteiger partial charge in [0, 0.05) is 12.2 Å². The molecule has 0 heterocycles. The summed E-state index contributed by atoms with van der Waals surface area (Å²) in [4.78, 5) is 33.9. The van der Waals surface area contributed by atoms with Crippen molar-refractivity contribution in [1.82, 2.24) is 0 Å². The number of carboxylic acid groups (broad SMARTS) is 1. The van der Waals surface area contributed by atoms with Crippen molar-refractivity contribution in [3.05, 3.63) is 0 Å². The number of aliphatic hydroxyl groups excluding tert-OH is 1. The van der Waals surface area contributed by atoms with Gasteiger partial charge in [0.15, 0.2) is 0 Å². The standard InChI is InChI=1S/C17H30O7S/c1-5-17(3,4)16(22)24-10-13(18)9-23-14(19)7-6-8-25-11-12(2)15(20)21/h12-13,18H,5-11H2,1-4H3,(H,20,21). The molecular formula is C17H30O7S. The van der Waals surface area contributed by atoms with Gasteiger partial charge in [-0.25, -0.2) is 0 Å². The third-order valence-corrected chi connectivity index (χ3v) is 5.05. The molecule has 0 fully saturated rings. The molecule has 2 atom stereocenters. The topological polar surface area (TPSA) is 110 Å². The van der Waals surface area contributed by atoms with Gasteiger partial charge in [0.05, 0.1) is 11.3 Å². The summed E-state index contributed by atoms with van der Waals surface area (Å²) in [6.07, 6.45) is 0.349. The second-order valence-electron chi connectivity index (χ2n) is 6.59. The third kappa shape index (κ3) is 11.0. The average molecular weight is 378 g/mol. The molecule has 0 rings (SSSR count). The van der Waals surface area contributed by atoms with Crippen LogP contribution in [0.1, 0.15) is 47.0 Å². The van der Waals surface area contributed by atoms with Gasteiger partial charge in [0.2, 0.25) is 0 Å². The van der Waals surface area contributed by atoms with E-state index in [1.54, 1.807) is 20.8 Å². The van der Waals surface area contributed by atoms with Gasteiger partial charge in [-0.3, -0.25) is 14.4 Å². The molecule has 0 amide bonds. The normalized spacial score (nSPS) is 13.8. The number of carbonyl (C=O) groups excluding carboxylic acids is 2. The Morgan fingerprint density at radius 1 is 1.16 bits per heavy atom. The summed E-state index contributed by atoms with van der Waals surface area (Å²) in [5.74, 6) is -0.905. The summed E-state index contributed by atoms with van der Waals surface area (Å²) < 4.78 is 9.95. The highest BCUT2D eigenvalue weighted by atomic mass is 32.2. The van der Waals surface area contributed by atoms with E-state index in [9.17, 15) is 19.5 Å². The fourth-order valence-electron chi connectivity index (χ4n) is 1.47. The van der Waals surface area contributed by atoms with E-state index < -0.39 is 35.3 Å². The van der Waals surface area contributed by atoms with E-state index in [-0.39, 0.29) is 19.6 Å². The first-order chi connectivity index (χ1) is 11.6. The number of esters is 2. The highest BCUT2D eigenvalue weighted by molar-refractivity contribution is 7.99. The zero-order valence-electron chi connectivity index (χ0n) is 15.4. The van der Waals surface area contributed by atoms with Crippen LogP contribution in [0.15, 0.2) is 0 Å². The van der Waals surface area contributed by atoms with Gasteiger partial charge >= 0.3 is 17.9 Å². The second-order valence-corrected chi connectivity index (χ2v) is 7.74. The Labute approximate surface area is 153 Å². The Bertz CT molecular complexity index is 437. The van der Waals surface area contributed by atoms with E-state index >= 15 is 0 Å². The largest absolute Gasteiger partial charge is 0.481 e. The van der Waals surface area contributed by atoms with Crippen LogP contribution in [0.3, 0.4) is 0 Å². The maximum Gasteiger partial charge on any atom is 0.311 e. The van der Waals surface area contributed by atoms with Crippen LogP contribution in [0.5, 0.6) is 0 Å². The van der Waals surface area contributed by atoms with Crippen molar-refractivity contribution in [1.29, 1.82) is 0 Å². The van der Waals surface area contributed by atoms with Crippen molar-refractivity contribution in [3.63, 3.8) is 0 Å². The highest BCUT2D eigenvalue weighted by Crippen LogP contribution is 2.21. The van der Waals surface area contributed by atoms with E-state index in [0.29, 0.717) is 24.3 Å². The fraction of sp³-hybridized carbons (Fsp3) is 0.824. The molecule has 8 heteroatoms. The van der Waals surface area contributed by atoms with Gasteiger partial charge in [0.1, 0.15) is 19.3 Å². The Morgan fingerprint density at radius 2 is 1.76 bits per heavy atom. The highest BCUT2D eigenvalue weighted by Gasteiger charge is 2.27. The molecule has 0 aromatic carbocycles. The number of carboxylic acids is 1. The Balaban J connectivity index is 3.77. The van der Waals surface area contributed by atoms with Crippen molar-refractivity contribution in [3.8, 4) is 0 Å². The number of rotatable bonds is 13. The summed E-state index contributed by atoms with van der Waals surface area (Å²) in [5, 5.41) is 18.4. The minimum Gasteiger partial charge on any atom is -0.481 e. The van der Waals surface area contributed by atoms with Crippen LogP contribution >= 0.6 is 11.8 Å². The van der Waals surface area contributed by atoms with Crippen LogP contribution in [0.2, 0.25) is 0 Å². The maximum atomic E-state index is 11.8. The van der Waals surface area contributed by atoms with Crippen LogP contribution < -0.4 is 0 Å². The first-order valence-electron chi connectivity index (χ1n) is 8.41. The van der Waals surface area contributed by atoms with E-state index in [1.807, 2.05) is 6.92 Å². The van der Waals surface area contributed by atoms with E-state index in [2.05, 4.69) is 0 Å². The second kappa shape index (κ2) is 12.1. The Morgan fingerprint density at radius 3 is 2.32 bits per heavy atom. The zero-order chi connectivity index (χ0) is 19.5. The van der Waals surface area contributed by atoms with Crippen molar-refractivity contribution < 1.29 is 34.1 Å². The first-order valence-corrected chi connectivity index (χ1v) is 9.57. The minimum absolute atomic E-state index is 0.198. The molecule has 0 radical (unpaired) electrons. The molecule has 2 N–H and O–H groups in total. The van der Waals surface area contributed by atoms with Crippen LogP contribution in [0.25, 0.3) is 0 Å². The number of thioether (sulfide) groups is 1. The maximum absolute atomic E-state index is 11.8. The van der Waals surface area contributed by atoms with Crippen LogP contribution in [0.4, 0.5) is 0 Å². The van der Waals surface area contributed by atoms with Crippen molar-refractivity contribution in [2.45, 2.75) is 53.1 Å². The van der Waals surface area contributed by atoms with E-state index in [0.717, 1.165) is 0 Å². The molecule has 0 aromatic heterocycles.